The summed E-state index contributed by atoms with van der Waals surface area (Å²) in [5.41, 5.74) is 4.87. The van der Waals surface area contributed by atoms with Crippen molar-refractivity contribution in [2.24, 2.45) is 0 Å². The Kier molecular flexibility index (Phi) is 4.63. The lowest BCUT2D eigenvalue weighted by Gasteiger charge is -2.01. The van der Waals surface area contributed by atoms with E-state index in [1.54, 1.807) is 0 Å². The highest BCUT2D eigenvalue weighted by Crippen LogP contribution is 2.16. The minimum absolute atomic E-state index is 1.21. The number of benzene rings is 3. The van der Waals surface area contributed by atoms with Gasteiger partial charge >= 0.3 is 0 Å². The summed E-state index contributed by atoms with van der Waals surface area (Å²) in [6, 6.07) is 29.2. The third kappa shape index (κ3) is 3.83. The van der Waals surface area contributed by atoms with E-state index in [9.17, 15) is 0 Å². The van der Waals surface area contributed by atoms with E-state index in [0.29, 0.717) is 0 Å². The Balaban J connectivity index is 1.84. The fraction of sp³-hybridized carbons (Fsp3) is 0. The smallest absolute Gasteiger partial charge is 0.0184 e. The fourth-order valence-corrected chi connectivity index (χ4v) is 2.31. The van der Waals surface area contributed by atoms with Crippen LogP contribution in [-0.2, 0) is 0 Å². The van der Waals surface area contributed by atoms with Crippen LogP contribution in [0.2, 0.25) is 0 Å². The van der Waals surface area contributed by atoms with Gasteiger partial charge in [-0.3, -0.25) is 0 Å². The molecule has 3 aromatic carbocycles. The van der Waals surface area contributed by atoms with E-state index in [4.69, 9.17) is 0 Å². The number of rotatable bonds is 4. The molecular weight excluding hydrogens is 264 g/mol. The summed E-state index contributed by atoms with van der Waals surface area (Å²) in [5, 5.41) is 0. The molecule has 0 N–H and O–H groups in total. The van der Waals surface area contributed by atoms with Crippen LogP contribution in [0, 0.1) is 0 Å². The Morgan fingerprint density at radius 1 is 0.364 bits per heavy atom. The average Bonchev–Trinajstić information content (AvgIpc) is 2.61. The molecule has 0 aromatic heterocycles. The summed E-state index contributed by atoms with van der Waals surface area (Å²) >= 11 is 0. The van der Waals surface area contributed by atoms with Crippen molar-refractivity contribution in [2.75, 3.05) is 0 Å². The molecule has 0 amide bonds. The molecule has 22 heavy (non-hydrogen) atoms. The first-order valence-electron chi connectivity index (χ1n) is 7.47. The summed E-state index contributed by atoms with van der Waals surface area (Å²) in [6.45, 7) is 0. The van der Waals surface area contributed by atoms with Crippen LogP contribution in [0.25, 0.3) is 24.3 Å². The van der Waals surface area contributed by atoms with Gasteiger partial charge in [0.15, 0.2) is 0 Å². The molecule has 0 aliphatic rings. The molecule has 0 atom stereocenters. The van der Waals surface area contributed by atoms with Crippen LogP contribution in [0.1, 0.15) is 22.3 Å². The van der Waals surface area contributed by atoms with E-state index in [1.165, 1.54) is 22.3 Å². The molecule has 0 saturated carbocycles. The van der Waals surface area contributed by atoms with Crippen molar-refractivity contribution >= 4 is 24.3 Å². The molecular formula is C22H18. The number of hydrogen-bond acceptors (Lipinski definition) is 0. The molecule has 0 unspecified atom stereocenters. The molecule has 0 aliphatic heterocycles. The van der Waals surface area contributed by atoms with E-state index < -0.39 is 0 Å². The lowest BCUT2D eigenvalue weighted by Crippen LogP contribution is -1.80. The first kappa shape index (κ1) is 14.1. The average molecular weight is 282 g/mol. The Morgan fingerprint density at radius 2 is 0.727 bits per heavy atom. The normalized spacial score (nSPS) is 11.3. The zero-order valence-electron chi connectivity index (χ0n) is 12.4. The van der Waals surface area contributed by atoms with Crippen molar-refractivity contribution in [1.29, 1.82) is 0 Å². The molecule has 0 aliphatic carbocycles. The summed E-state index contributed by atoms with van der Waals surface area (Å²) in [6.07, 6.45) is 8.63. The van der Waals surface area contributed by atoms with Gasteiger partial charge in [0, 0.05) is 0 Å². The minimum Gasteiger partial charge on any atom is -0.0622 e. The zero-order chi connectivity index (χ0) is 15.0. The predicted octanol–water partition coefficient (Wildman–Crippen LogP) is 6.03. The van der Waals surface area contributed by atoms with Crippen molar-refractivity contribution in [3.63, 3.8) is 0 Å². The van der Waals surface area contributed by atoms with Crippen LogP contribution in [0.5, 0.6) is 0 Å². The van der Waals surface area contributed by atoms with E-state index >= 15 is 0 Å². The summed E-state index contributed by atoms with van der Waals surface area (Å²) in [7, 11) is 0. The first-order chi connectivity index (χ1) is 10.9. The Labute approximate surface area is 132 Å². The highest BCUT2D eigenvalue weighted by molar-refractivity contribution is 5.79. The van der Waals surface area contributed by atoms with E-state index in [-0.39, 0.29) is 0 Å². The maximum atomic E-state index is 2.17. The van der Waals surface area contributed by atoms with Gasteiger partial charge in [-0.15, -0.1) is 0 Å². The largest absolute Gasteiger partial charge is 0.0622 e. The van der Waals surface area contributed by atoms with Crippen LogP contribution >= 0.6 is 0 Å². The van der Waals surface area contributed by atoms with E-state index in [0.717, 1.165) is 0 Å². The van der Waals surface area contributed by atoms with Crippen molar-refractivity contribution in [3.05, 3.63) is 107 Å². The van der Waals surface area contributed by atoms with Gasteiger partial charge in [0.1, 0.15) is 0 Å². The quantitative estimate of drug-likeness (QED) is 0.513. The molecule has 0 nitrogen and oxygen atoms in total. The van der Waals surface area contributed by atoms with Gasteiger partial charge in [0.25, 0.3) is 0 Å². The van der Waals surface area contributed by atoms with E-state index in [1.807, 2.05) is 12.1 Å². The van der Waals surface area contributed by atoms with Gasteiger partial charge in [0.05, 0.1) is 0 Å². The van der Waals surface area contributed by atoms with Crippen LogP contribution in [-0.4, -0.2) is 0 Å². The second kappa shape index (κ2) is 7.24. The Hall–Kier alpha value is -2.86. The standard InChI is InChI=1S/C22H18/c1-3-9-19(10-4-1)15-17-21-13-7-8-14-22(21)18-16-20-11-5-2-6-12-20/h1-18H. The van der Waals surface area contributed by atoms with Gasteiger partial charge in [-0.1, -0.05) is 109 Å². The Bertz CT molecular complexity index is 697. The molecule has 0 heteroatoms. The van der Waals surface area contributed by atoms with Gasteiger partial charge in [-0.05, 0) is 22.3 Å². The maximum Gasteiger partial charge on any atom is -0.0184 e. The topological polar surface area (TPSA) is 0 Å². The summed E-state index contributed by atoms with van der Waals surface area (Å²) in [5.74, 6) is 0. The van der Waals surface area contributed by atoms with Crippen molar-refractivity contribution in [1.82, 2.24) is 0 Å². The monoisotopic (exact) mass is 282 g/mol. The van der Waals surface area contributed by atoms with Crippen molar-refractivity contribution < 1.29 is 0 Å². The Morgan fingerprint density at radius 3 is 1.14 bits per heavy atom. The molecule has 0 fully saturated rings. The lowest BCUT2D eigenvalue weighted by atomic mass is 10.0. The van der Waals surface area contributed by atoms with Crippen molar-refractivity contribution in [2.45, 2.75) is 0 Å². The van der Waals surface area contributed by atoms with Gasteiger partial charge < -0.3 is 0 Å². The number of hydrogen-bond donors (Lipinski definition) is 0. The predicted molar refractivity (Wildman–Crippen MR) is 97.2 cm³/mol. The SMILES string of the molecule is C(=Cc1ccccc1C=Cc1ccccc1)c1ccccc1. The molecule has 3 aromatic rings. The molecule has 0 bridgehead atoms. The second-order valence-corrected chi connectivity index (χ2v) is 5.12. The van der Waals surface area contributed by atoms with Crippen molar-refractivity contribution in [3.8, 4) is 0 Å². The van der Waals surface area contributed by atoms with Crippen LogP contribution in [0.3, 0.4) is 0 Å². The molecule has 0 radical (unpaired) electrons. The van der Waals surface area contributed by atoms with E-state index in [2.05, 4.69) is 97.1 Å². The highest BCUT2D eigenvalue weighted by atomic mass is 14.0. The summed E-state index contributed by atoms with van der Waals surface area (Å²) < 4.78 is 0. The van der Waals surface area contributed by atoms with Crippen LogP contribution in [0.4, 0.5) is 0 Å². The molecule has 0 spiro atoms. The lowest BCUT2D eigenvalue weighted by molar-refractivity contribution is 1.61. The van der Waals surface area contributed by atoms with Crippen LogP contribution in [0.15, 0.2) is 84.9 Å². The zero-order valence-corrected chi connectivity index (χ0v) is 12.4. The van der Waals surface area contributed by atoms with Gasteiger partial charge in [-0.25, -0.2) is 0 Å². The third-order valence-corrected chi connectivity index (χ3v) is 3.51. The van der Waals surface area contributed by atoms with Gasteiger partial charge in [0.2, 0.25) is 0 Å². The minimum atomic E-state index is 1.21. The second-order valence-electron chi connectivity index (χ2n) is 5.12. The first-order valence-corrected chi connectivity index (χ1v) is 7.47. The molecule has 106 valence electrons. The fourth-order valence-electron chi connectivity index (χ4n) is 2.31. The summed E-state index contributed by atoms with van der Waals surface area (Å²) in [4.78, 5) is 0. The molecule has 3 rings (SSSR count). The third-order valence-electron chi connectivity index (χ3n) is 3.51. The van der Waals surface area contributed by atoms with Gasteiger partial charge in [-0.2, -0.15) is 0 Å². The van der Waals surface area contributed by atoms with Crippen LogP contribution < -0.4 is 0 Å². The highest BCUT2D eigenvalue weighted by Gasteiger charge is 1.94. The molecule has 0 saturated heterocycles. The molecule has 0 heterocycles. The maximum absolute atomic E-state index is 2.17.